The number of halogens is 3. The van der Waals surface area contributed by atoms with E-state index in [0.717, 1.165) is 5.69 Å². The molecule has 0 N–H and O–H groups in total. The van der Waals surface area contributed by atoms with Crippen LogP contribution in [-0.2, 0) is 11.3 Å². The largest absolute Gasteiger partial charge is 0.462 e. The summed E-state index contributed by atoms with van der Waals surface area (Å²) < 4.78 is 44.2. The molecule has 2 heterocycles. The standard InChI is InChI=1S/C16H24F3N3O2/c1-4-22-12(3)14(11(2)20-22)15(23)24-9-13-5-7-21(8-6-13)10-16(17,18)19/h13H,4-10H2,1-3H3. The number of esters is 1. The van der Waals surface area contributed by atoms with Crippen LogP contribution in [0.5, 0.6) is 0 Å². The van der Waals surface area contributed by atoms with E-state index in [2.05, 4.69) is 5.10 Å². The SMILES string of the molecule is CCn1nc(C)c(C(=O)OCC2CCN(CC(F)(F)F)CC2)c1C. The number of hydrogen-bond acceptors (Lipinski definition) is 4. The minimum atomic E-state index is -4.16. The molecule has 0 atom stereocenters. The Hall–Kier alpha value is -1.57. The van der Waals surface area contributed by atoms with Crippen molar-refractivity contribution in [3.05, 3.63) is 17.0 Å². The fourth-order valence-electron chi connectivity index (χ4n) is 3.13. The minimum Gasteiger partial charge on any atom is -0.462 e. The van der Waals surface area contributed by atoms with Crippen molar-refractivity contribution in [2.24, 2.45) is 5.92 Å². The van der Waals surface area contributed by atoms with Crippen molar-refractivity contribution in [3.8, 4) is 0 Å². The Bertz CT molecular complexity index is 576. The first kappa shape index (κ1) is 18.8. The maximum Gasteiger partial charge on any atom is 0.401 e. The fourth-order valence-corrected chi connectivity index (χ4v) is 3.13. The van der Waals surface area contributed by atoms with Crippen molar-refractivity contribution < 1.29 is 22.7 Å². The van der Waals surface area contributed by atoms with Gasteiger partial charge in [0.2, 0.25) is 0 Å². The highest BCUT2D eigenvalue weighted by molar-refractivity contribution is 5.91. The molecule has 0 unspecified atom stereocenters. The van der Waals surface area contributed by atoms with Gasteiger partial charge in [-0.25, -0.2) is 4.79 Å². The molecule has 1 aliphatic rings. The second-order valence-electron chi connectivity index (χ2n) is 6.29. The zero-order chi connectivity index (χ0) is 17.9. The molecule has 2 rings (SSSR count). The van der Waals surface area contributed by atoms with E-state index in [1.807, 2.05) is 13.8 Å². The zero-order valence-corrected chi connectivity index (χ0v) is 14.3. The predicted octanol–water partition coefficient (Wildman–Crippen LogP) is 2.95. The lowest BCUT2D eigenvalue weighted by Crippen LogP contribution is -2.40. The van der Waals surface area contributed by atoms with Crippen LogP contribution < -0.4 is 0 Å². The topological polar surface area (TPSA) is 47.4 Å². The third-order valence-electron chi connectivity index (χ3n) is 4.45. The lowest BCUT2D eigenvalue weighted by Gasteiger charge is -2.31. The number of aromatic nitrogens is 2. The molecule has 1 aliphatic heterocycles. The van der Waals surface area contributed by atoms with Crippen LogP contribution in [0.1, 0.15) is 41.5 Å². The number of piperidine rings is 1. The number of nitrogens with zero attached hydrogens (tertiary/aromatic N) is 3. The number of carbonyl (C=O) groups is 1. The van der Waals surface area contributed by atoms with Crippen LogP contribution in [0.3, 0.4) is 0 Å². The first-order valence-corrected chi connectivity index (χ1v) is 8.21. The molecule has 136 valence electrons. The van der Waals surface area contributed by atoms with Crippen molar-refractivity contribution >= 4 is 5.97 Å². The molecule has 5 nitrogen and oxygen atoms in total. The molecule has 0 spiro atoms. The maximum atomic E-state index is 12.4. The Morgan fingerprint density at radius 1 is 1.29 bits per heavy atom. The third-order valence-corrected chi connectivity index (χ3v) is 4.45. The summed E-state index contributed by atoms with van der Waals surface area (Å²) in [7, 11) is 0. The van der Waals surface area contributed by atoms with Crippen LogP contribution in [0.2, 0.25) is 0 Å². The number of aryl methyl sites for hydroxylation is 2. The van der Waals surface area contributed by atoms with Gasteiger partial charge in [0.25, 0.3) is 0 Å². The van der Waals surface area contributed by atoms with E-state index in [-0.39, 0.29) is 12.5 Å². The van der Waals surface area contributed by atoms with E-state index >= 15 is 0 Å². The highest BCUT2D eigenvalue weighted by Crippen LogP contribution is 2.23. The quantitative estimate of drug-likeness (QED) is 0.769. The second-order valence-corrected chi connectivity index (χ2v) is 6.29. The molecule has 0 aliphatic carbocycles. The number of likely N-dealkylation sites (tertiary alicyclic amines) is 1. The van der Waals surface area contributed by atoms with Gasteiger partial charge in [-0.2, -0.15) is 18.3 Å². The van der Waals surface area contributed by atoms with Gasteiger partial charge >= 0.3 is 12.1 Å². The van der Waals surface area contributed by atoms with E-state index < -0.39 is 18.7 Å². The number of ether oxygens (including phenoxy) is 1. The average Bonchev–Trinajstić information content (AvgIpc) is 2.79. The van der Waals surface area contributed by atoms with Crippen molar-refractivity contribution in [2.45, 2.75) is 46.3 Å². The van der Waals surface area contributed by atoms with E-state index in [9.17, 15) is 18.0 Å². The number of alkyl halides is 3. The van der Waals surface area contributed by atoms with Crippen LogP contribution in [0, 0.1) is 19.8 Å². The Kier molecular flexibility index (Phi) is 5.90. The smallest absolute Gasteiger partial charge is 0.401 e. The van der Waals surface area contributed by atoms with Crippen molar-refractivity contribution in [3.63, 3.8) is 0 Å². The number of rotatable bonds is 5. The molecule has 8 heteroatoms. The Labute approximate surface area is 139 Å². The summed E-state index contributed by atoms with van der Waals surface area (Å²) in [5.74, 6) is -0.289. The minimum absolute atomic E-state index is 0.111. The summed E-state index contributed by atoms with van der Waals surface area (Å²) >= 11 is 0. The molecule has 1 aromatic heterocycles. The van der Waals surface area contributed by atoms with Crippen LogP contribution in [0.25, 0.3) is 0 Å². The van der Waals surface area contributed by atoms with Crippen molar-refractivity contribution in [2.75, 3.05) is 26.2 Å². The van der Waals surface area contributed by atoms with Gasteiger partial charge in [-0.05, 0) is 52.6 Å². The van der Waals surface area contributed by atoms with Gasteiger partial charge in [-0.1, -0.05) is 0 Å². The van der Waals surface area contributed by atoms with E-state index in [1.165, 1.54) is 4.90 Å². The molecule has 0 radical (unpaired) electrons. The van der Waals surface area contributed by atoms with Crippen LogP contribution in [0.15, 0.2) is 0 Å². The van der Waals surface area contributed by atoms with Gasteiger partial charge in [0.15, 0.2) is 0 Å². The van der Waals surface area contributed by atoms with Gasteiger partial charge < -0.3 is 4.74 Å². The monoisotopic (exact) mass is 347 g/mol. The van der Waals surface area contributed by atoms with E-state index in [0.29, 0.717) is 43.7 Å². The molecule has 24 heavy (non-hydrogen) atoms. The van der Waals surface area contributed by atoms with Crippen molar-refractivity contribution in [1.29, 1.82) is 0 Å². The Morgan fingerprint density at radius 3 is 2.42 bits per heavy atom. The van der Waals surface area contributed by atoms with Crippen LogP contribution >= 0.6 is 0 Å². The summed E-state index contributed by atoms with van der Waals surface area (Å²) in [6.07, 6.45) is -2.95. The first-order valence-electron chi connectivity index (χ1n) is 8.21. The van der Waals surface area contributed by atoms with Gasteiger partial charge in [0, 0.05) is 6.54 Å². The fraction of sp³-hybridized carbons (Fsp3) is 0.750. The van der Waals surface area contributed by atoms with E-state index in [1.54, 1.807) is 11.6 Å². The van der Waals surface area contributed by atoms with Gasteiger partial charge in [0.1, 0.15) is 5.56 Å². The molecule has 1 saturated heterocycles. The molecule has 0 amide bonds. The highest BCUT2D eigenvalue weighted by atomic mass is 19.4. The van der Waals surface area contributed by atoms with Crippen molar-refractivity contribution in [1.82, 2.24) is 14.7 Å². The molecule has 0 saturated carbocycles. The lowest BCUT2D eigenvalue weighted by molar-refractivity contribution is -0.148. The summed E-state index contributed by atoms with van der Waals surface area (Å²) in [5, 5.41) is 4.29. The van der Waals surface area contributed by atoms with Gasteiger partial charge in [0.05, 0.1) is 24.5 Å². The highest BCUT2D eigenvalue weighted by Gasteiger charge is 2.32. The first-order chi connectivity index (χ1) is 11.2. The van der Waals surface area contributed by atoms with Gasteiger partial charge in [-0.3, -0.25) is 9.58 Å². The lowest BCUT2D eigenvalue weighted by atomic mass is 9.98. The number of hydrogen-bond donors (Lipinski definition) is 0. The zero-order valence-electron chi connectivity index (χ0n) is 14.3. The molecule has 1 fully saturated rings. The molecular formula is C16H24F3N3O2. The summed E-state index contributed by atoms with van der Waals surface area (Å²) in [5.41, 5.74) is 1.91. The normalized spacial score (nSPS) is 17.2. The van der Waals surface area contributed by atoms with Crippen LogP contribution in [-0.4, -0.2) is 53.1 Å². The molecule has 1 aromatic rings. The summed E-state index contributed by atoms with van der Waals surface area (Å²) in [6.45, 7) is 6.37. The second kappa shape index (κ2) is 7.55. The molecular weight excluding hydrogens is 323 g/mol. The Balaban J connectivity index is 1.83. The summed E-state index contributed by atoms with van der Waals surface area (Å²) in [4.78, 5) is 13.7. The van der Waals surface area contributed by atoms with Gasteiger partial charge in [-0.15, -0.1) is 0 Å². The van der Waals surface area contributed by atoms with E-state index in [4.69, 9.17) is 4.74 Å². The summed E-state index contributed by atoms with van der Waals surface area (Å²) in [6, 6.07) is 0. The number of carbonyl (C=O) groups excluding carboxylic acids is 1. The van der Waals surface area contributed by atoms with Crippen LogP contribution in [0.4, 0.5) is 13.2 Å². The molecule has 0 aromatic carbocycles. The Morgan fingerprint density at radius 2 is 1.92 bits per heavy atom. The average molecular weight is 347 g/mol. The predicted molar refractivity (Wildman–Crippen MR) is 82.9 cm³/mol. The maximum absolute atomic E-state index is 12.4. The molecule has 0 bridgehead atoms. The third kappa shape index (κ3) is 4.72.